The molecule has 0 fully saturated rings. The van der Waals surface area contributed by atoms with Crippen molar-refractivity contribution in [1.82, 2.24) is 4.98 Å². The van der Waals surface area contributed by atoms with Crippen molar-refractivity contribution in [2.75, 3.05) is 4.72 Å². The fraction of sp³-hybridized carbons (Fsp3) is 0.0714. The van der Waals surface area contributed by atoms with E-state index in [1.165, 1.54) is 0 Å². The van der Waals surface area contributed by atoms with E-state index in [-0.39, 0.29) is 5.13 Å². The second-order valence-corrected chi connectivity index (χ2v) is 7.30. The molecule has 1 N–H and O–H groups in total. The first-order valence-electron chi connectivity index (χ1n) is 6.21. The van der Waals surface area contributed by atoms with E-state index < -0.39 is 26.6 Å². The third-order valence-corrected chi connectivity index (χ3v) is 5.46. The summed E-state index contributed by atoms with van der Waals surface area (Å²) in [5, 5.41) is 0.132. The predicted octanol–water partition coefficient (Wildman–Crippen LogP) is 3.68. The first-order chi connectivity index (χ1) is 10.4. The van der Waals surface area contributed by atoms with Crippen LogP contribution in [-0.2, 0) is 10.0 Å². The summed E-state index contributed by atoms with van der Waals surface area (Å²) in [6.07, 6.45) is 0. The van der Waals surface area contributed by atoms with Crippen molar-refractivity contribution in [3.8, 4) is 0 Å². The standard InChI is InChI=1S/C14H10F2N2O2S2/c1-8-3-2-4-11-13(8)17-14(21-11)18-22(19,20)12-6-5-9(15)7-10(12)16/h2-7H,1H3,(H,17,18). The normalized spacial score (nSPS) is 11.8. The van der Waals surface area contributed by atoms with Crippen molar-refractivity contribution >= 4 is 36.7 Å². The number of nitrogens with zero attached hydrogens (tertiary/aromatic N) is 1. The highest BCUT2D eigenvalue weighted by molar-refractivity contribution is 7.93. The van der Waals surface area contributed by atoms with Crippen LogP contribution >= 0.6 is 11.3 Å². The van der Waals surface area contributed by atoms with Crippen LogP contribution in [0.4, 0.5) is 13.9 Å². The maximum Gasteiger partial charge on any atom is 0.266 e. The fourth-order valence-electron chi connectivity index (χ4n) is 1.99. The molecule has 0 saturated carbocycles. The summed E-state index contributed by atoms with van der Waals surface area (Å²) in [5.74, 6) is -1.99. The lowest BCUT2D eigenvalue weighted by molar-refractivity contribution is 0.551. The van der Waals surface area contributed by atoms with E-state index in [1.807, 2.05) is 25.1 Å². The van der Waals surface area contributed by atoms with Gasteiger partial charge in [0.2, 0.25) is 0 Å². The quantitative estimate of drug-likeness (QED) is 0.791. The number of nitrogens with one attached hydrogen (secondary N) is 1. The maximum atomic E-state index is 13.6. The minimum atomic E-state index is -4.17. The summed E-state index contributed by atoms with van der Waals surface area (Å²) in [6.45, 7) is 1.86. The van der Waals surface area contributed by atoms with Crippen LogP contribution in [0.3, 0.4) is 0 Å². The van der Waals surface area contributed by atoms with Crippen LogP contribution in [0.25, 0.3) is 10.2 Å². The molecule has 0 aliphatic carbocycles. The third kappa shape index (κ3) is 2.67. The van der Waals surface area contributed by atoms with Gasteiger partial charge in [0.25, 0.3) is 10.0 Å². The Kier molecular flexibility index (Phi) is 3.57. The van der Waals surface area contributed by atoms with Gasteiger partial charge in [0.05, 0.1) is 10.2 Å². The Balaban J connectivity index is 2.01. The van der Waals surface area contributed by atoms with Gasteiger partial charge in [-0.05, 0) is 30.7 Å². The molecule has 0 aliphatic heterocycles. The van der Waals surface area contributed by atoms with E-state index >= 15 is 0 Å². The number of para-hydroxylation sites is 1. The molecular formula is C14H10F2N2O2S2. The molecule has 4 nitrogen and oxygen atoms in total. The number of thiazole rings is 1. The van der Waals surface area contributed by atoms with E-state index in [2.05, 4.69) is 9.71 Å². The molecule has 114 valence electrons. The highest BCUT2D eigenvalue weighted by atomic mass is 32.2. The Hall–Kier alpha value is -2.06. The molecule has 1 aromatic heterocycles. The smallest absolute Gasteiger partial charge is 0.255 e. The maximum absolute atomic E-state index is 13.6. The number of hydrogen-bond acceptors (Lipinski definition) is 4. The van der Waals surface area contributed by atoms with Crippen molar-refractivity contribution < 1.29 is 17.2 Å². The second-order valence-electron chi connectivity index (χ2n) is 4.62. The van der Waals surface area contributed by atoms with Crippen molar-refractivity contribution in [3.05, 3.63) is 53.6 Å². The predicted molar refractivity (Wildman–Crippen MR) is 81.5 cm³/mol. The van der Waals surface area contributed by atoms with E-state index in [9.17, 15) is 17.2 Å². The number of aryl methyl sites for hydroxylation is 1. The number of halogens is 2. The highest BCUT2D eigenvalue weighted by Crippen LogP contribution is 2.29. The van der Waals surface area contributed by atoms with Crippen LogP contribution < -0.4 is 4.72 Å². The van der Waals surface area contributed by atoms with Crippen molar-refractivity contribution in [1.29, 1.82) is 0 Å². The summed E-state index contributed by atoms with van der Waals surface area (Å²) < 4.78 is 53.9. The molecule has 0 unspecified atom stereocenters. The topological polar surface area (TPSA) is 59.1 Å². The zero-order valence-corrected chi connectivity index (χ0v) is 12.9. The van der Waals surface area contributed by atoms with Gasteiger partial charge in [-0.25, -0.2) is 22.2 Å². The molecule has 22 heavy (non-hydrogen) atoms. The van der Waals surface area contributed by atoms with E-state index in [1.54, 1.807) is 0 Å². The van der Waals surface area contributed by atoms with Crippen LogP contribution in [0, 0.1) is 18.6 Å². The SMILES string of the molecule is Cc1cccc2sc(NS(=O)(=O)c3ccc(F)cc3F)nc12. The largest absolute Gasteiger partial charge is 0.266 e. The first kappa shape index (κ1) is 14.9. The fourth-order valence-corrected chi connectivity index (χ4v) is 4.23. The zero-order valence-electron chi connectivity index (χ0n) is 11.3. The average Bonchev–Trinajstić information content (AvgIpc) is 2.81. The van der Waals surface area contributed by atoms with Crippen LogP contribution in [-0.4, -0.2) is 13.4 Å². The van der Waals surface area contributed by atoms with Gasteiger partial charge in [-0.2, -0.15) is 0 Å². The minimum absolute atomic E-state index is 0.132. The molecule has 0 aliphatic rings. The molecule has 3 aromatic rings. The van der Waals surface area contributed by atoms with Gasteiger partial charge in [0.1, 0.15) is 16.5 Å². The van der Waals surface area contributed by atoms with Gasteiger partial charge < -0.3 is 0 Å². The Morgan fingerprint density at radius 3 is 2.64 bits per heavy atom. The van der Waals surface area contributed by atoms with E-state index in [0.717, 1.165) is 33.7 Å². The molecule has 0 atom stereocenters. The third-order valence-electron chi connectivity index (χ3n) is 3.03. The summed E-state index contributed by atoms with van der Waals surface area (Å²) in [5.41, 5.74) is 1.59. The summed E-state index contributed by atoms with van der Waals surface area (Å²) in [4.78, 5) is 3.58. The molecule has 8 heteroatoms. The van der Waals surface area contributed by atoms with Crippen molar-refractivity contribution in [2.45, 2.75) is 11.8 Å². The molecule has 2 aromatic carbocycles. The molecule has 0 saturated heterocycles. The van der Waals surface area contributed by atoms with Crippen molar-refractivity contribution in [2.24, 2.45) is 0 Å². The minimum Gasteiger partial charge on any atom is -0.255 e. The summed E-state index contributed by atoms with van der Waals surface area (Å²) >= 11 is 1.14. The summed E-state index contributed by atoms with van der Waals surface area (Å²) in [6, 6.07) is 7.81. The number of aromatic nitrogens is 1. The molecule has 3 rings (SSSR count). The molecular weight excluding hydrogens is 330 g/mol. The first-order valence-corrected chi connectivity index (χ1v) is 8.51. The lowest BCUT2D eigenvalue weighted by atomic mass is 10.2. The van der Waals surface area contributed by atoms with Crippen molar-refractivity contribution in [3.63, 3.8) is 0 Å². The van der Waals surface area contributed by atoms with Gasteiger partial charge in [-0.3, -0.25) is 4.72 Å². The molecule has 0 amide bonds. The Morgan fingerprint density at radius 2 is 1.95 bits per heavy atom. The number of sulfonamides is 1. The second kappa shape index (κ2) is 5.29. The Morgan fingerprint density at radius 1 is 1.18 bits per heavy atom. The van der Waals surface area contributed by atoms with Gasteiger partial charge in [-0.1, -0.05) is 23.5 Å². The average molecular weight is 340 g/mol. The van der Waals surface area contributed by atoms with Gasteiger partial charge in [0.15, 0.2) is 5.13 Å². The van der Waals surface area contributed by atoms with Gasteiger partial charge in [0, 0.05) is 6.07 Å². The molecule has 0 bridgehead atoms. The monoisotopic (exact) mass is 340 g/mol. The van der Waals surface area contributed by atoms with Crippen LogP contribution in [0.2, 0.25) is 0 Å². The van der Waals surface area contributed by atoms with Gasteiger partial charge >= 0.3 is 0 Å². The van der Waals surface area contributed by atoms with E-state index in [0.29, 0.717) is 11.6 Å². The number of benzene rings is 2. The molecule has 1 heterocycles. The summed E-state index contributed by atoms with van der Waals surface area (Å²) in [7, 11) is -4.17. The molecule has 0 radical (unpaired) electrons. The lowest BCUT2D eigenvalue weighted by Gasteiger charge is -2.05. The Bertz CT molecular complexity index is 968. The molecule has 0 spiro atoms. The number of anilines is 1. The zero-order chi connectivity index (χ0) is 15.9. The number of fused-ring (bicyclic) bond motifs is 1. The highest BCUT2D eigenvalue weighted by Gasteiger charge is 2.21. The number of rotatable bonds is 3. The Labute approximate surface area is 129 Å². The lowest BCUT2D eigenvalue weighted by Crippen LogP contribution is -2.14. The van der Waals surface area contributed by atoms with Crippen LogP contribution in [0.1, 0.15) is 5.56 Å². The number of hydrogen-bond donors (Lipinski definition) is 1. The van der Waals surface area contributed by atoms with Crippen LogP contribution in [0.5, 0.6) is 0 Å². The van der Waals surface area contributed by atoms with Crippen LogP contribution in [0.15, 0.2) is 41.3 Å². The van der Waals surface area contributed by atoms with Gasteiger partial charge in [-0.15, -0.1) is 0 Å². The van der Waals surface area contributed by atoms with E-state index in [4.69, 9.17) is 0 Å².